The zero-order chi connectivity index (χ0) is 18.2. The van der Waals surface area contributed by atoms with Crippen LogP contribution in [-0.2, 0) is 0 Å². The number of aryl methyl sites for hydroxylation is 1. The van der Waals surface area contributed by atoms with E-state index in [9.17, 15) is 4.79 Å². The van der Waals surface area contributed by atoms with E-state index in [-0.39, 0.29) is 5.91 Å². The largest absolute Gasteiger partial charge is 0.494 e. The minimum Gasteiger partial charge on any atom is -0.494 e. The predicted octanol–water partition coefficient (Wildman–Crippen LogP) is 2.09. The second kappa shape index (κ2) is 8.86. The maximum absolute atomic E-state index is 12.1. The van der Waals surface area contributed by atoms with Crippen LogP contribution in [-0.4, -0.2) is 49.7 Å². The number of anilines is 2. The van der Waals surface area contributed by atoms with Gasteiger partial charge < -0.3 is 20.3 Å². The number of rotatable bonds is 8. The van der Waals surface area contributed by atoms with Crippen molar-refractivity contribution in [2.24, 2.45) is 0 Å². The number of hydrogen-bond acceptors (Lipinski definition) is 6. The van der Waals surface area contributed by atoms with E-state index in [0.29, 0.717) is 31.2 Å². The Balaban J connectivity index is 1.81. The van der Waals surface area contributed by atoms with E-state index in [0.717, 1.165) is 17.3 Å². The number of nitrogens with one attached hydrogen (secondary N) is 2. The molecule has 0 fully saturated rings. The summed E-state index contributed by atoms with van der Waals surface area (Å²) in [6.45, 7) is 5.47. The van der Waals surface area contributed by atoms with Crippen LogP contribution in [0.15, 0.2) is 30.3 Å². The van der Waals surface area contributed by atoms with E-state index in [1.54, 1.807) is 24.3 Å². The van der Waals surface area contributed by atoms with Gasteiger partial charge in [-0.15, -0.1) is 0 Å². The van der Waals surface area contributed by atoms with Crippen LogP contribution >= 0.6 is 0 Å². The Labute approximate surface area is 148 Å². The van der Waals surface area contributed by atoms with E-state index < -0.39 is 0 Å². The molecule has 0 aliphatic carbocycles. The van der Waals surface area contributed by atoms with Crippen molar-refractivity contribution >= 4 is 17.7 Å². The summed E-state index contributed by atoms with van der Waals surface area (Å²) in [4.78, 5) is 22.8. The normalized spacial score (nSPS) is 10.2. The molecule has 0 aliphatic rings. The molecule has 0 spiro atoms. The molecule has 1 heterocycles. The fraction of sp³-hybridized carbons (Fsp3) is 0.389. The van der Waals surface area contributed by atoms with Crippen LogP contribution in [0.25, 0.3) is 0 Å². The second-order valence-electron chi connectivity index (χ2n) is 5.73. The number of aromatic nitrogens is 2. The molecular weight excluding hydrogens is 318 g/mol. The molecule has 1 amide bonds. The third kappa shape index (κ3) is 5.63. The predicted molar refractivity (Wildman–Crippen MR) is 99.5 cm³/mol. The van der Waals surface area contributed by atoms with Crippen molar-refractivity contribution in [2.75, 3.05) is 44.0 Å². The van der Waals surface area contributed by atoms with Crippen molar-refractivity contribution in [2.45, 2.75) is 13.8 Å². The summed E-state index contributed by atoms with van der Waals surface area (Å²) in [6.07, 6.45) is 0. The summed E-state index contributed by atoms with van der Waals surface area (Å²) >= 11 is 0. The zero-order valence-corrected chi connectivity index (χ0v) is 15.2. The van der Waals surface area contributed by atoms with Gasteiger partial charge in [-0.25, -0.2) is 4.98 Å². The van der Waals surface area contributed by atoms with E-state index in [1.807, 2.05) is 38.9 Å². The Morgan fingerprint density at radius 2 is 1.88 bits per heavy atom. The SMILES string of the molecule is CCOc1ccc(C(=O)NCCNc2nc(C)cc(N(C)C)n2)cc1. The van der Waals surface area contributed by atoms with Crippen LogP contribution in [0.2, 0.25) is 0 Å². The highest BCUT2D eigenvalue weighted by Crippen LogP contribution is 2.12. The summed E-state index contributed by atoms with van der Waals surface area (Å²) in [6, 6.07) is 9.00. The van der Waals surface area contributed by atoms with Gasteiger partial charge in [0.15, 0.2) is 0 Å². The molecule has 2 rings (SSSR count). The molecule has 1 aromatic heterocycles. The fourth-order valence-corrected chi connectivity index (χ4v) is 2.18. The van der Waals surface area contributed by atoms with Gasteiger partial charge in [0.1, 0.15) is 11.6 Å². The Kier molecular flexibility index (Phi) is 6.56. The standard InChI is InChI=1S/C18H25N5O2/c1-5-25-15-8-6-14(7-9-15)17(24)19-10-11-20-18-21-13(2)12-16(22-18)23(3)4/h6-9,12H,5,10-11H2,1-4H3,(H,19,24)(H,20,21,22). The lowest BCUT2D eigenvalue weighted by atomic mass is 10.2. The van der Waals surface area contributed by atoms with Crippen LogP contribution in [0.1, 0.15) is 23.0 Å². The van der Waals surface area contributed by atoms with Crippen LogP contribution < -0.4 is 20.3 Å². The van der Waals surface area contributed by atoms with Crippen LogP contribution in [0.4, 0.5) is 11.8 Å². The molecule has 0 radical (unpaired) electrons. The average Bonchev–Trinajstić information content (AvgIpc) is 2.59. The first kappa shape index (κ1) is 18.5. The lowest BCUT2D eigenvalue weighted by Gasteiger charge is -2.14. The molecule has 0 unspecified atom stereocenters. The lowest BCUT2D eigenvalue weighted by molar-refractivity contribution is 0.0955. The van der Waals surface area contributed by atoms with Crippen LogP contribution in [0.5, 0.6) is 5.75 Å². The van der Waals surface area contributed by atoms with Crippen molar-refractivity contribution < 1.29 is 9.53 Å². The van der Waals surface area contributed by atoms with Gasteiger partial charge in [0.25, 0.3) is 5.91 Å². The van der Waals surface area contributed by atoms with E-state index in [4.69, 9.17) is 4.74 Å². The quantitative estimate of drug-likeness (QED) is 0.715. The van der Waals surface area contributed by atoms with Crippen LogP contribution in [0, 0.1) is 6.92 Å². The van der Waals surface area contributed by atoms with E-state index >= 15 is 0 Å². The monoisotopic (exact) mass is 343 g/mol. The molecule has 0 aliphatic heterocycles. The van der Waals surface area contributed by atoms with Crippen LogP contribution in [0.3, 0.4) is 0 Å². The van der Waals surface area contributed by atoms with Gasteiger partial charge in [-0.2, -0.15) is 4.98 Å². The number of hydrogen-bond donors (Lipinski definition) is 2. The minimum absolute atomic E-state index is 0.121. The van der Waals surface area contributed by atoms with Gasteiger partial charge in [0.05, 0.1) is 6.61 Å². The molecular formula is C18H25N5O2. The molecule has 0 saturated carbocycles. The van der Waals surface area contributed by atoms with Gasteiger partial charge in [0.2, 0.25) is 5.95 Å². The Morgan fingerprint density at radius 3 is 2.52 bits per heavy atom. The molecule has 2 aromatic rings. The van der Waals surface area contributed by atoms with Crippen molar-refractivity contribution in [1.29, 1.82) is 0 Å². The average molecular weight is 343 g/mol. The first-order chi connectivity index (χ1) is 12.0. The summed E-state index contributed by atoms with van der Waals surface area (Å²) in [5, 5.41) is 5.99. The van der Waals surface area contributed by atoms with E-state index in [1.165, 1.54) is 0 Å². The van der Waals surface area contributed by atoms with Crippen molar-refractivity contribution in [1.82, 2.24) is 15.3 Å². The number of carbonyl (C=O) groups is 1. The molecule has 2 N–H and O–H groups in total. The topological polar surface area (TPSA) is 79.4 Å². The van der Waals surface area contributed by atoms with Crippen molar-refractivity contribution in [3.63, 3.8) is 0 Å². The highest BCUT2D eigenvalue weighted by molar-refractivity contribution is 5.94. The Hall–Kier alpha value is -2.83. The van der Waals surface area contributed by atoms with Gasteiger partial charge >= 0.3 is 0 Å². The first-order valence-electron chi connectivity index (χ1n) is 8.27. The first-order valence-corrected chi connectivity index (χ1v) is 8.27. The second-order valence-corrected chi connectivity index (χ2v) is 5.73. The van der Waals surface area contributed by atoms with Crippen molar-refractivity contribution in [3.05, 3.63) is 41.6 Å². The highest BCUT2D eigenvalue weighted by atomic mass is 16.5. The van der Waals surface area contributed by atoms with Gasteiger partial charge in [-0.05, 0) is 38.1 Å². The molecule has 7 heteroatoms. The number of benzene rings is 1. The number of carbonyl (C=O) groups excluding carboxylic acids is 1. The summed E-state index contributed by atoms with van der Waals surface area (Å²) in [5.41, 5.74) is 1.49. The molecule has 134 valence electrons. The Morgan fingerprint density at radius 1 is 1.16 bits per heavy atom. The third-order valence-electron chi connectivity index (χ3n) is 3.42. The molecule has 0 bridgehead atoms. The molecule has 0 atom stereocenters. The number of ether oxygens (including phenoxy) is 1. The molecule has 0 saturated heterocycles. The number of amides is 1. The fourth-order valence-electron chi connectivity index (χ4n) is 2.18. The maximum atomic E-state index is 12.1. The summed E-state index contributed by atoms with van der Waals surface area (Å²) in [5.74, 6) is 2.03. The maximum Gasteiger partial charge on any atom is 0.251 e. The van der Waals surface area contributed by atoms with Gasteiger partial charge in [-0.3, -0.25) is 4.79 Å². The zero-order valence-electron chi connectivity index (χ0n) is 15.2. The number of nitrogens with zero attached hydrogens (tertiary/aromatic N) is 3. The molecule has 7 nitrogen and oxygen atoms in total. The van der Waals surface area contributed by atoms with Crippen molar-refractivity contribution in [3.8, 4) is 5.75 Å². The van der Waals surface area contributed by atoms with Gasteiger partial charge in [-0.1, -0.05) is 0 Å². The van der Waals surface area contributed by atoms with Gasteiger partial charge in [0, 0.05) is 44.5 Å². The minimum atomic E-state index is -0.121. The highest BCUT2D eigenvalue weighted by Gasteiger charge is 2.06. The lowest BCUT2D eigenvalue weighted by Crippen LogP contribution is -2.29. The summed E-state index contributed by atoms with van der Waals surface area (Å²) < 4.78 is 5.37. The third-order valence-corrected chi connectivity index (χ3v) is 3.42. The van der Waals surface area contributed by atoms with E-state index in [2.05, 4.69) is 20.6 Å². The molecule has 1 aromatic carbocycles. The molecule has 25 heavy (non-hydrogen) atoms. The summed E-state index contributed by atoms with van der Waals surface area (Å²) in [7, 11) is 3.87. The smallest absolute Gasteiger partial charge is 0.251 e. The Bertz CT molecular complexity index is 701.